The molecule has 0 aromatic rings. The molecule has 0 rings (SSSR count). The van der Waals surface area contributed by atoms with E-state index in [2.05, 4.69) is 11.6 Å². The zero-order chi connectivity index (χ0) is 12.4. The summed E-state index contributed by atoms with van der Waals surface area (Å²) in [5.41, 5.74) is 5.73. The Kier molecular flexibility index (Phi) is 9.83. The predicted molar refractivity (Wildman–Crippen MR) is 72.7 cm³/mol. The Balaban J connectivity index is 3.34. The van der Waals surface area contributed by atoms with E-state index in [-0.39, 0.29) is 17.9 Å². The lowest BCUT2D eigenvalue weighted by molar-refractivity contribution is -0.123. The highest BCUT2D eigenvalue weighted by molar-refractivity contribution is 7.98. The summed E-state index contributed by atoms with van der Waals surface area (Å²) < 4.78 is 0. The second-order valence-corrected chi connectivity index (χ2v) is 5.45. The van der Waals surface area contributed by atoms with E-state index in [9.17, 15) is 4.79 Å². The maximum Gasteiger partial charge on any atom is 0.237 e. The Morgan fingerprint density at radius 2 is 1.88 bits per heavy atom. The third kappa shape index (κ3) is 7.99. The van der Waals surface area contributed by atoms with Crippen molar-refractivity contribution < 1.29 is 4.79 Å². The van der Waals surface area contributed by atoms with Gasteiger partial charge in [-0.05, 0) is 30.8 Å². The van der Waals surface area contributed by atoms with Crippen LogP contribution in [0.2, 0.25) is 0 Å². The van der Waals surface area contributed by atoms with E-state index in [1.807, 2.05) is 25.6 Å². The van der Waals surface area contributed by atoms with Gasteiger partial charge in [-0.2, -0.15) is 11.8 Å². The zero-order valence-electron chi connectivity index (χ0n) is 10.8. The molecule has 0 heterocycles. The Labute approximate surface area is 104 Å². The Morgan fingerprint density at radius 1 is 1.25 bits per heavy atom. The highest BCUT2D eigenvalue weighted by Crippen LogP contribution is 2.04. The topological polar surface area (TPSA) is 55.1 Å². The average molecular weight is 246 g/mol. The maximum atomic E-state index is 11.5. The molecule has 0 aliphatic carbocycles. The number of thioether (sulfide) groups is 1. The van der Waals surface area contributed by atoms with Crippen LogP contribution in [0.4, 0.5) is 0 Å². The van der Waals surface area contributed by atoms with E-state index < -0.39 is 0 Å². The number of carbonyl (C=O) groups excluding carboxylic acids is 1. The fourth-order valence-electron chi connectivity index (χ4n) is 1.36. The summed E-state index contributed by atoms with van der Waals surface area (Å²) in [7, 11) is 0. The minimum Gasteiger partial charge on any atom is -0.355 e. The summed E-state index contributed by atoms with van der Waals surface area (Å²) in [6, 6.07) is -0.364. The van der Waals surface area contributed by atoms with Crippen molar-refractivity contribution in [3.8, 4) is 0 Å². The number of unbranched alkanes of at least 4 members (excludes halogenated alkanes) is 3. The molecule has 0 spiro atoms. The van der Waals surface area contributed by atoms with Crippen LogP contribution < -0.4 is 11.1 Å². The molecule has 1 amide bonds. The first-order valence-electron chi connectivity index (χ1n) is 6.11. The average Bonchev–Trinajstić information content (AvgIpc) is 2.26. The molecule has 0 saturated carbocycles. The van der Waals surface area contributed by atoms with Crippen LogP contribution in [-0.4, -0.2) is 30.5 Å². The number of amides is 1. The summed E-state index contributed by atoms with van der Waals surface area (Å²) in [5, 5.41) is 2.89. The van der Waals surface area contributed by atoms with Gasteiger partial charge in [0.2, 0.25) is 5.91 Å². The molecule has 16 heavy (non-hydrogen) atoms. The van der Waals surface area contributed by atoms with Crippen LogP contribution in [0.1, 0.15) is 39.5 Å². The second-order valence-electron chi connectivity index (χ2n) is 4.47. The molecule has 0 fully saturated rings. The van der Waals surface area contributed by atoms with Gasteiger partial charge in [-0.1, -0.05) is 26.7 Å². The first-order chi connectivity index (χ1) is 7.59. The molecule has 3 nitrogen and oxygen atoms in total. The van der Waals surface area contributed by atoms with Gasteiger partial charge < -0.3 is 11.1 Å². The van der Waals surface area contributed by atoms with Crippen molar-refractivity contribution in [2.75, 3.05) is 18.6 Å². The van der Waals surface area contributed by atoms with Gasteiger partial charge in [-0.15, -0.1) is 0 Å². The summed E-state index contributed by atoms with van der Waals surface area (Å²) in [6.45, 7) is 4.69. The van der Waals surface area contributed by atoms with Crippen molar-refractivity contribution in [1.82, 2.24) is 5.32 Å². The van der Waals surface area contributed by atoms with Crippen molar-refractivity contribution in [1.29, 1.82) is 0 Å². The van der Waals surface area contributed by atoms with Crippen molar-refractivity contribution in [2.45, 2.75) is 45.6 Å². The lowest BCUT2D eigenvalue weighted by Crippen LogP contribution is -2.44. The molecule has 0 aliphatic rings. The summed E-state index contributed by atoms with van der Waals surface area (Å²) >= 11 is 1.89. The lowest BCUT2D eigenvalue weighted by Gasteiger charge is -2.15. The van der Waals surface area contributed by atoms with Gasteiger partial charge in [-0.25, -0.2) is 0 Å². The van der Waals surface area contributed by atoms with Gasteiger partial charge in [0.15, 0.2) is 0 Å². The zero-order valence-corrected chi connectivity index (χ0v) is 11.6. The standard InChI is InChI=1S/C12H26N2OS/c1-10(2)11(13)12(15)14-8-6-4-5-7-9-16-3/h10-11H,4-9,13H2,1-3H3,(H,14,15)/t11-/m1/s1. The molecule has 1 atom stereocenters. The van der Waals surface area contributed by atoms with Crippen LogP contribution in [0.3, 0.4) is 0 Å². The SMILES string of the molecule is CSCCCCCCNC(=O)[C@H](N)C(C)C. The fourth-order valence-corrected chi connectivity index (χ4v) is 1.85. The highest BCUT2D eigenvalue weighted by atomic mass is 32.2. The van der Waals surface area contributed by atoms with Crippen molar-refractivity contribution in [2.24, 2.45) is 11.7 Å². The van der Waals surface area contributed by atoms with Crippen LogP contribution in [0.25, 0.3) is 0 Å². The summed E-state index contributed by atoms with van der Waals surface area (Å²) in [4.78, 5) is 11.5. The van der Waals surface area contributed by atoms with Gasteiger partial charge in [0, 0.05) is 6.54 Å². The van der Waals surface area contributed by atoms with Crippen LogP contribution in [0.15, 0.2) is 0 Å². The lowest BCUT2D eigenvalue weighted by atomic mass is 10.1. The number of hydrogen-bond donors (Lipinski definition) is 2. The van der Waals surface area contributed by atoms with Crippen LogP contribution in [0, 0.1) is 5.92 Å². The predicted octanol–water partition coefficient (Wildman–Crippen LogP) is 2.01. The van der Waals surface area contributed by atoms with Gasteiger partial charge in [0.1, 0.15) is 0 Å². The number of hydrogen-bond acceptors (Lipinski definition) is 3. The number of nitrogens with two attached hydrogens (primary N) is 1. The van der Waals surface area contributed by atoms with E-state index in [0.717, 1.165) is 13.0 Å². The number of carbonyl (C=O) groups is 1. The molecule has 0 saturated heterocycles. The normalized spacial score (nSPS) is 12.8. The van der Waals surface area contributed by atoms with Crippen LogP contribution >= 0.6 is 11.8 Å². The summed E-state index contributed by atoms with van der Waals surface area (Å²) in [6.07, 6.45) is 6.92. The first kappa shape index (κ1) is 15.8. The highest BCUT2D eigenvalue weighted by Gasteiger charge is 2.15. The van der Waals surface area contributed by atoms with Crippen molar-refractivity contribution >= 4 is 17.7 Å². The molecule has 3 N–H and O–H groups in total. The Bertz CT molecular complexity index is 186. The molecule has 0 aliphatic heterocycles. The molecule has 0 aromatic heterocycles. The molecule has 0 bridgehead atoms. The minimum atomic E-state index is -0.364. The van der Waals surface area contributed by atoms with E-state index in [4.69, 9.17) is 5.73 Å². The van der Waals surface area contributed by atoms with E-state index >= 15 is 0 Å². The molecule has 96 valence electrons. The van der Waals surface area contributed by atoms with E-state index in [0.29, 0.717) is 0 Å². The van der Waals surface area contributed by atoms with Crippen molar-refractivity contribution in [3.63, 3.8) is 0 Å². The molecule has 0 aromatic carbocycles. The quantitative estimate of drug-likeness (QED) is 0.612. The molecule has 0 unspecified atom stereocenters. The molecule has 4 heteroatoms. The largest absolute Gasteiger partial charge is 0.355 e. The smallest absolute Gasteiger partial charge is 0.237 e. The number of rotatable bonds is 9. The molecular formula is C12H26N2OS. The first-order valence-corrected chi connectivity index (χ1v) is 7.51. The van der Waals surface area contributed by atoms with Crippen LogP contribution in [0.5, 0.6) is 0 Å². The van der Waals surface area contributed by atoms with E-state index in [1.54, 1.807) is 0 Å². The van der Waals surface area contributed by atoms with Gasteiger partial charge in [0.05, 0.1) is 6.04 Å². The van der Waals surface area contributed by atoms with Gasteiger partial charge in [-0.3, -0.25) is 4.79 Å². The Hall–Kier alpha value is -0.220. The molecular weight excluding hydrogens is 220 g/mol. The third-order valence-corrected chi connectivity index (χ3v) is 3.29. The van der Waals surface area contributed by atoms with Gasteiger partial charge >= 0.3 is 0 Å². The van der Waals surface area contributed by atoms with E-state index in [1.165, 1.54) is 25.0 Å². The van der Waals surface area contributed by atoms with Crippen molar-refractivity contribution in [3.05, 3.63) is 0 Å². The fraction of sp³-hybridized carbons (Fsp3) is 0.917. The second kappa shape index (κ2) is 9.97. The third-order valence-electron chi connectivity index (χ3n) is 2.60. The van der Waals surface area contributed by atoms with Gasteiger partial charge in [0.25, 0.3) is 0 Å². The van der Waals surface area contributed by atoms with Crippen LogP contribution in [-0.2, 0) is 4.79 Å². The number of nitrogens with one attached hydrogen (secondary N) is 1. The Morgan fingerprint density at radius 3 is 2.44 bits per heavy atom. The molecule has 0 radical (unpaired) electrons. The minimum absolute atomic E-state index is 0.0147. The maximum absolute atomic E-state index is 11.5. The summed E-state index contributed by atoms with van der Waals surface area (Å²) in [5.74, 6) is 1.44. The monoisotopic (exact) mass is 246 g/mol.